The molecule has 20 heavy (non-hydrogen) atoms. The molecule has 0 bridgehead atoms. The predicted molar refractivity (Wildman–Crippen MR) is 83.0 cm³/mol. The second kappa shape index (κ2) is 5.23. The first-order valence-corrected chi connectivity index (χ1v) is 7.62. The Morgan fingerprint density at radius 2 is 2.20 bits per heavy atom. The Bertz CT molecular complexity index is 841. The molecule has 0 fully saturated rings. The van der Waals surface area contributed by atoms with Gasteiger partial charge in [0.1, 0.15) is 0 Å². The van der Waals surface area contributed by atoms with Gasteiger partial charge in [-0.25, -0.2) is 0 Å². The van der Waals surface area contributed by atoms with Crippen LogP contribution < -0.4 is 0 Å². The zero-order chi connectivity index (χ0) is 14.1. The number of rotatable bonds is 3. The Balaban J connectivity index is 1.99. The molecule has 5 heteroatoms. The van der Waals surface area contributed by atoms with Crippen molar-refractivity contribution in [2.45, 2.75) is 6.54 Å². The molecule has 0 aliphatic carbocycles. The summed E-state index contributed by atoms with van der Waals surface area (Å²) in [5.74, 6) is 0.0618. The number of carbonyl (C=O) groups is 1. The van der Waals surface area contributed by atoms with Crippen LogP contribution in [0.5, 0.6) is 0 Å². The summed E-state index contributed by atoms with van der Waals surface area (Å²) in [6.07, 6.45) is 1.85. The van der Waals surface area contributed by atoms with Crippen LogP contribution in [0.4, 0.5) is 0 Å². The van der Waals surface area contributed by atoms with Gasteiger partial charge in [0.25, 0.3) is 0 Å². The van der Waals surface area contributed by atoms with Gasteiger partial charge in [-0.2, -0.15) is 5.26 Å². The van der Waals surface area contributed by atoms with Crippen LogP contribution in [0.1, 0.15) is 15.2 Å². The van der Waals surface area contributed by atoms with Gasteiger partial charge in [0.2, 0.25) is 0 Å². The number of carbonyl (C=O) groups excluding carboxylic acids is 1. The summed E-state index contributed by atoms with van der Waals surface area (Å²) in [5.41, 5.74) is 1.54. The summed E-state index contributed by atoms with van der Waals surface area (Å²) in [6, 6.07) is 11.5. The minimum Gasteiger partial charge on any atom is -0.340 e. The average Bonchev–Trinajstić information content (AvgIpc) is 3.05. The van der Waals surface area contributed by atoms with Gasteiger partial charge in [0.15, 0.2) is 5.78 Å². The van der Waals surface area contributed by atoms with Crippen LogP contribution in [0, 0.1) is 11.3 Å². The number of benzene rings is 1. The summed E-state index contributed by atoms with van der Waals surface area (Å²) in [4.78, 5) is 13.0. The van der Waals surface area contributed by atoms with Crippen molar-refractivity contribution >= 4 is 44.0 Å². The molecule has 2 aromatic heterocycles. The molecule has 3 nitrogen and oxygen atoms in total. The molecule has 2 heterocycles. The molecule has 0 amide bonds. The zero-order valence-electron chi connectivity index (χ0n) is 10.3. The number of nitrogens with zero attached hydrogens (tertiary/aromatic N) is 2. The highest BCUT2D eigenvalue weighted by molar-refractivity contribution is 9.10. The lowest BCUT2D eigenvalue weighted by Crippen LogP contribution is -2.08. The van der Waals surface area contributed by atoms with E-state index in [1.54, 1.807) is 6.07 Å². The second-order valence-electron chi connectivity index (χ2n) is 4.31. The molecule has 3 rings (SSSR count). The van der Waals surface area contributed by atoms with E-state index in [4.69, 9.17) is 5.26 Å². The van der Waals surface area contributed by atoms with Crippen molar-refractivity contribution in [3.63, 3.8) is 0 Å². The second-order valence-corrected chi connectivity index (χ2v) is 6.09. The molecular weight excluding hydrogens is 336 g/mol. The van der Waals surface area contributed by atoms with Gasteiger partial charge in [-0.15, -0.1) is 11.3 Å². The molecule has 0 atom stereocenters. The van der Waals surface area contributed by atoms with Gasteiger partial charge in [-0.3, -0.25) is 4.79 Å². The maximum atomic E-state index is 12.3. The van der Waals surface area contributed by atoms with Crippen molar-refractivity contribution in [2.24, 2.45) is 0 Å². The number of aromatic nitrogens is 1. The first-order valence-electron chi connectivity index (χ1n) is 5.95. The monoisotopic (exact) mass is 344 g/mol. The van der Waals surface area contributed by atoms with E-state index in [0.29, 0.717) is 5.56 Å². The Kier molecular flexibility index (Phi) is 3.43. The first-order chi connectivity index (χ1) is 9.70. The van der Waals surface area contributed by atoms with Gasteiger partial charge in [-0.05, 0) is 45.6 Å². The number of halogens is 1. The molecule has 0 aliphatic heterocycles. The van der Waals surface area contributed by atoms with E-state index in [0.717, 1.165) is 20.3 Å². The van der Waals surface area contributed by atoms with Crippen LogP contribution >= 0.6 is 27.3 Å². The largest absolute Gasteiger partial charge is 0.340 e. The minimum absolute atomic E-state index is 0.0618. The highest BCUT2D eigenvalue weighted by Gasteiger charge is 2.14. The van der Waals surface area contributed by atoms with E-state index in [1.807, 2.05) is 40.4 Å². The molecular formula is C15H9BrN2OS. The minimum atomic E-state index is 0.0618. The summed E-state index contributed by atoms with van der Waals surface area (Å²) in [6.45, 7) is 0.275. The molecule has 0 saturated heterocycles. The van der Waals surface area contributed by atoms with E-state index >= 15 is 0 Å². The Morgan fingerprint density at radius 1 is 1.35 bits per heavy atom. The fraction of sp³-hybridized carbons (Fsp3) is 0.0667. The fourth-order valence-corrected chi connectivity index (χ4v) is 3.70. The number of hydrogen-bond donors (Lipinski definition) is 0. The lowest BCUT2D eigenvalue weighted by molar-refractivity contribution is 0.0977. The third-order valence-electron chi connectivity index (χ3n) is 3.12. The maximum absolute atomic E-state index is 12.3. The molecule has 0 unspecified atom stereocenters. The van der Waals surface area contributed by atoms with Crippen molar-refractivity contribution in [3.05, 3.63) is 56.8 Å². The molecule has 0 aliphatic rings. The van der Waals surface area contributed by atoms with E-state index in [-0.39, 0.29) is 12.3 Å². The lowest BCUT2D eigenvalue weighted by Gasteiger charge is -2.04. The van der Waals surface area contributed by atoms with Crippen LogP contribution in [0.15, 0.2) is 46.4 Å². The topological polar surface area (TPSA) is 45.8 Å². The van der Waals surface area contributed by atoms with Crippen molar-refractivity contribution in [2.75, 3.05) is 0 Å². The summed E-state index contributed by atoms with van der Waals surface area (Å²) in [5, 5.41) is 11.9. The quantitative estimate of drug-likeness (QED) is 0.667. The summed E-state index contributed by atoms with van der Waals surface area (Å²) < 4.78 is 2.71. The van der Waals surface area contributed by atoms with Crippen molar-refractivity contribution in [3.8, 4) is 6.07 Å². The van der Waals surface area contributed by atoms with Crippen molar-refractivity contribution in [1.29, 1.82) is 5.26 Å². The van der Waals surface area contributed by atoms with Crippen LogP contribution in [0.25, 0.3) is 10.9 Å². The Hall–Kier alpha value is -1.90. The van der Waals surface area contributed by atoms with Crippen molar-refractivity contribution in [1.82, 2.24) is 4.57 Å². The van der Waals surface area contributed by atoms with Crippen LogP contribution in [-0.4, -0.2) is 10.4 Å². The number of nitriles is 1. The third-order valence-corrected chi connectivity index (χ3v) is 5.00. The molecule has 0 radical (unpaired) electrons. The molecule has 1 aromatic carbocycles. The number of fused-ring (bicyclic) bond motifs is 1. The van der Waals surface area contributed by atoms with Crippen LogP contribution in [0.3, 0.4) is 0 Å². The van der Waals surface area contributed by atoms with Gasteiger partial charge in [-0.1, -0.05) is 6.07 Å². The Morgan fingerprint density at radius 3 is 2.90 bits per heavy atom. The number of hydrogen-bond acceptors (Lipinski definition) is 3. The lowest BCUT2D eigenvalue weighted by atomic mass is 10.1. The normalized spacial score (nSPS) is 10.6. The molecule has 0 N–H and O–H groups in total. The van der Waals surface area contributed by atoms with Gasteiger partial charge in [0.05, 0.1) is 23.1 Å². The van der Waals surface area contributed by atoms with Crippen molar-refractivity contribution < 1.29 is 4.79 Å². The summed E-state index contributed by atoms with van der Waals surface area (Å²) in [7, 11) is 0. The average molecular weight is 345 g/mol. The number of ketones is 1. The molecule has 98 valence electrons. The van der Waals surface area contributed by atoms with E-state index < -0.39 is 0 Å². The zero-order valence-corrected chi connectivity index (χ0v) is 12.7. The molecule has 0 saturated carbocycles. The van der Waals surface area contributed by atoms with Crippen LogP contribution in [-0.2, 0) is 6.54 Å². The SMILES string of the molecule is N#Cc1cccc2c1ccn2CC(=O)c1sccc1Br. The molecule has 3 aromatic rings. The first kappa shape index (κ1) is 13.1. The van der Waals surface area contributed by atoms with Gasteiger partial charge < -0.3 is 4.57 Å². The summed E-state index contributed by atoms with van der Waals surface area (Å²) >= 11 is 4.81. The standard InChI is InChI=1S/C15H9BrN2OS/c16-12-5-7-20-15(12)14(19)9-18-6-4-11-10(8-17)2-1-3-13(11)18/h1-7H,9H2. The van der Waals surface area contributed by atoms with E-state index in [1.165, 1.54) is 11.3 Å². The van der Waals surface area contributed by atoms with Gasteiger partial charge >= 0.3 is 0 Å². The fourth-order valence-electron chi connectivity index (χ4n) is 2.18. The Labute approximate surface area is 128 Å². The predicted octanol–water partition coefficient (Wildman–Crippen LogP) is 4.22. The van der Waals surface area contributed by atoms with Gasteiger partial charge in [0, 0.05) is 21.6 Å². The number of Topliss-reactive ketones (excluding diaryl/α,β-unsaturated/α-hetero) is 1. The highest BCUT2D eigenvalue weighted by atomic mass is 79.9. The number of thiophene rings is 1. The van der Waals surface area contributed by atoms with E-state index in [9.17, 15) is 4.79 Å². The molecule has 0 spiro atoms. The van der Waals surface area contributed by atoms with E-state index in [2.05, 4.69) is 22.0 Å². The van der Waals surface area contributed by atoms with Crippen LogP contribution in [0.2, 0.25) is 0 Å². The highest BCUT2D eigenvalue weighted by Crippen LogP contribution is 2.25. The maximum Gasteiger partial charge on any atom is 0.193 e. The smallest absolute Gasteiger partial charge is 0.193 e. The third kappa shape index (κ3) is 2.17.